The number of carbonyl (C=O) groups is 4. The van der Waals surface area contributed by atoms with Crippen LogP contribution in [0.5, 0.6) is 0 Å². The summed E-state index contributed by atoms with van der Waals surface area (Å²) in [5.41, 5.74) is 0.678. The summed E-state index contributed by atoms with van der Waals surface area (Å²) < 4.78 is 11.3. The number of nitrogens with one attached hydrogen (secondary N) is 3. The van der Waals surface area contributed by atoms with Crippen LogP contribution >= 0.6 is 0 Å². The number of rotatable bonds is 7. The number of hydrogen-bond acceptors (Lipinski definition) is 8. The topological polar surface area (TPSA) is 162 Å². The van der Waals surface area contributed by atoms with E-state index in [4.69, 9.17) is 9.26 Å². The Kier molecular flexibility index (Phi) is 6.64. The number of nitrogens with zero attached hydrogens (tertiary/aromatic N) is 2. The van der Waals surface area contributed by atoms with Crippen LogP contribution in [0, 0.1) is 12.8 Å². The smallest absolute Gasteiger partial charge is 0.333 e. The van der Waals surface area contributed by atoms with Gasteiger partial charge in [0, 0.05) is 42.3 Å². The van der Waals surface area contributed by atoms with Crippen molar-refractivity contribution >= 4 is 29.4 Å². The van der Waals surface area contributed by atoms with Crippen LogP contribution in [0.4, 0.5) is 5.69 Å². The molecule has 12 heteroatoms. The molecule has 5 rings (SSSR count). The van der Waals surface area contributed by atoms with Gasteiger partial charge in [-0.15, -0.1) is 0 Å². The molecule has 2 aromatic heterocycles. The molecular weight excluding hydrogens is 482 g/mol. The molecule has 0 aromatic carbocycles. The fourth-order valence-electron chi connectivity index (χ4n) is 5.02. The number of hydrogen-bond donors (Lipinski definition) is 3. The van der Waals surface area contributed by atoms with Gasteiger partial charge in [-0.1, -0.05) is 11.2 Å². The molecule has 0 unspecified atom stereocenters. The van der Waals surface area contributed by atoms with E-state index in [0.717, 1.165) is 0 Å². The van der Waals surface area contributed by atoms with Crippen molar-refractivity contribution in [1.82, 2.24) is 20.4 Å². The molecule has 3 atom stereocenters. The first-order chi connectivity index (χ1) is 17.8. The average molecular weight is 510 g/mol. The summed E-state index contributed by atoms with van der Waals surface area (Å²) >= 11 is 0. The highest BCUT2D eigenvalue weighted by Crippen LogP contribution is 2.26. The zero-order valence-corrected chi connectivity index (χ0v) is 20.2. The van der Waals surface area contributed by atoms with Crippen LogP contribution in [0.1, 0.15) is 53.7 Å². The van der Waals surface area contributed by atoms with Crippen molar-refractivity contribution in [2.24, 2.45) is 5.92 Å². The first-order valence-electron chi connectivity index (χ1n) is 12.2. The summed E-state index contributed by atoms with van der Waals surface area (Å²) in [5.74, 6) is -1.35. The molecule has 5 heterocycles. The first-order valence-corrected chi connectivity index (χ1v) is 12.2. The van der Waals surface area contributed by atoms with Gasteiger partial charge in [-0.3, -0.25) is 23.7 Å². The Morgan fingerprint density at radius 2 is 2.08 bits per heavy atom. The number of ether oxygens (including phenoxy) is 1. The largest absolute Gasteiger partial charge is 0.462 e. The van der Waals surface area contributed by atoms with Gasteiger partial charge in [-0.05, 0) is 44.7 Å². The summed E-state index contributed by atoms with van der Waals surface area (Å²) in [4.78, 5) is 63.4. The second kappa shape index (κ2) is 10.0. The van der Waals surface area contributed by atoms with Gasteiger partial charge in [0.05, 0.1) is 6.61 Å². The molecule has 2 fully saturated rings. The monoisotopic (exact) mass is 509 g/mol. The molecule has 2 saturated heterocycles. The van der Waals surface area contributed by atoms with Crippen molar-refractivity contribution < 1.29 is 28.4 Å². The number of fused-ring (bicyclic) bond motifs is 1. The van der Waals surface area contributed by atoms with Crippen LogP contribution in [0.2, 0.25) is 0 Å². The van der Waals surface area contributed by atoms with Gasteiger partial charge in [-0.2, -0.15) is 0 Å². The number of esters is 1. The van der Waals surface area contributed by atoms with Crippen molar-refractivity contribution in [3.05, 3.63) is 57.4 Å². The van der Waals surface area contributed by atoms with Crippen molar-refractivity contribution in [3.8, 4) is 0 Å². The Balaban J connectivity index is 1.36. The molecule has 3 amide bonds. The maximum absolute atomic E-state index is 13.4. The number of aromatic nitrogens is 2. The molecule has 3 N–H and O–H groups in total. The Morgan fingerprint density at radius 1 is 1.24 bits per heavy atom. The highest BCUT2D eigenvalue weighted by atomic mass is 16.5. The molecule has 12 nitrogen and oxygen atoms in total. The van der Waals surface area contributed by atoms with E-state index in [-0.39, 0.29) is 29.8 Å². The minimum absolute atomic E-state index is 0.0177. The number of anilines is 1. The Labute approximate surface area is 211 Å². The lowest BCUT2D eigenvalue weighted by atomic mass is 9.96. The molecule has 0 aliphatic carbocycles. The molecule has 0 radical (unpaired) electrons. The molecular formula is C25H27N5O7. The maximum atomic E-state index is 13.4. The van der Waals surface area contributed by atoms with Crippen LogP contribution in [-0.2, 0) is 25.5 Å². The van der Waals surface area contributed by atoms with E-state index < -0.39 is 35.4 Å². The number of aryl methyl sites for hydroxylation is 2. The first kappa shape index (κ1) is 24.5. The SMILES string of the molecule is Cc1cc(C(=O)Nc2ccc3n(c2=O)[C@H](C(=O)N[C@H](/C=C2\CCOC2=O)C[C@@H]2CCNC2=O)CC3)no1. The Hall–Kier alpha value is -4.22. The van der Waals surface area contributed by atoms with E-state index in [1.54, 1.807) is 19.1 Å². The van der Waals surface area contributed by atoms with Crippen LogP contribution in [0.3, 0.4) is 0 Å². The van der Waals surface area contributed by atoms with Gasteiger partial charge in [0.2, 0.25) is 11.8 Å². The van der Waals surface area contributed by atoms with E-state index in [9.17, 15) is 24.0 Å². The fourth-order valence-corrected chi connectivity index (χ4v) is 5.02. The van der Waals surface area contributed by atoms with Gasteiger partial charge < -0.3 is 25.2 Å². The number of amides is 3. The predicted molar refractivity (Wildman–Crippen MR) is 129 cm³/mol. The number of carbonyl (C=O) groups excluding carboxylic acids is 4. The minimum Gasteiger partial charge on any atom is -0.462 e. The highest BCUT2D eigenvalue weighted by Gasteiger charge is 2.34. The summed E-state index contributed by atoms with van der Waals surface area (Å²) in [6, 6.07) is 3.28. The molecule has 37 heavy (non-hydrogen) atoms. The molecule has 2 aromatic rings. The van der Waals surface area contributed by atoms with Crippen molar-refractivity contribution in [2.75, 3.05) is 18.5 Å². The Bertz CT molecular complexity index is 1360. The quantitative estimate of drug-likeness (QED) is 0.364. The van der Waals surface area contributed by atoms with Gasteiger partial charge in [-0.25, -0.2) is 4.79 Å². The average Bonchev–Trinajstić information content (AvgIpc) is 3.66. The summed E-state index contributed by atoms with van der Waals surface area (Å²) in [6.07, 6.45) is 3.97. The van der Waals surface area contributed by atoms with E-state index in [2.05, 4.69) is 21.1 Å². The van der Waals surface area contributed by atoms with E-state index in [1.165, 1.54) is 16.7 Å². The van der Waals surface area contributed by atoms with Gasteiger partial charge in [0.1, 0.15) is 17.5 Å². The lowest BCUT2D eigenvalue weighted by molar-refractivity contribution is -0.135. The third kappa shape index (κ3) is 5.04. The van der Waals surface area contributed by atoms with E-state index in [1.807, 2.05) is 0 Å². The van der Waals surface area contributed by atoms with Gasteiger partial charge in [0.15, 0.2) is 5.69 Å². The zero-order valence-electron chi connectivity index (χ0n) is 20.2. The molecule has 0 spiro atoms. The zero-order chi connectivity index (χ0) is 26.1. The minimum atomic E-state index is -0.803. The molecule has 0 saturated carbocycles. The van der Waals surface area contributed by atoms with E-state index in [0.29, 0.717) is 55.7 Å². The third-order valence-corrected chi connectivity index (χ3v) is 6.90. The standard InChI is InChI=1S/C25H27N5O7/c1-13-10-19(29-37-13)22(32)28-18-4-2-17-3-5-20(30(17)24(18)34)23(33)27-16(11-14-6-8-26-21(14)31)12-15-7-9-36-25(15)35/h2,4,10,12,14,16,20H,3,5-9,11H2,1H3,(H,26,31)(H,27,33)(H,28,32)/b15-12+/t14-,16-,20-/m0/s1. The third-order valence-electron chi connectivity index (χ3n) is 6.90. The maximum Gasteiger partial charge on any atom is 0.333 e. The van der Waals surface area contributed by atoms with Crippen molar-refractivity contribution in [3.63, 3.8) is 0 Å². The van der Waals surface area contributed by atoms with Crippen LogP contribution in [0.15, 0.2) is 39.2 Å². The predicted octanol–water partition coefficient (Wildman–Crippen LogP) is 0.769. The van der Waals surface area contributed by atoms with Crippen LogP contribution < -0.4 is 21.5 Å². The van der Waals surface area contributed by atoms with Crippen molar-refractivity contribution in [1.29, 1.82) is 0 Å². The van der Waals surface area contributed by atoms with Crippen molar-refractivity contribution in [2.45, 2.75) is 51.1 Å². The van der Waals surface area contributed by atoms with Crippen LogP contribution in [-0.4, -0.2) is 52.6 Å². The normalized spacial score (nSPS) is 22.5. The van der Waals surface area contributed by atoms with Gasteiger partial charge in [0.25, 0.3) is 11.5 Å². The number of pyridine rings is 1. The molecule has 0 bridgehead atoms. The van der Waals surface area contributed by atoms with Crippen LogP contribution in [0.25, 0.3) is 0 Å². The fraction of sp³-hybridized carbons (Fsp3) is 0.440. The van der Waals surface area contributed by atoms with E-state index >= 15 is 0 Å². The molecule has 3 aliphatic rings. The highest BCUT2D eigenvalue weighted by molar-refractivity contribution is 6.02. The summed E-state index contributed by atoms with van der Waals surface area (Å²) in [5, 5.41) is 11.9. The lowest BCUT2D eigenvalue weighted by Gasteiger charge is -2.22. The molecule has 194 valence electrons. The molecule has 3 aliphatic heterocycles. The summed E-state index contributed by atoms with van der Waals surface area (Å²) in [7, 11) is 0. The second-order valence-corrected chi connectivity index (χ2v) is 9.45. The summed E-state index contributed by atoms with van der Waals surface area (Å²) in [6.45, 7) is 2.49. The van der Waals surface area contributed by atoms with Gasteiger partial charge >= 0.3 is 5.97 Å². The number of cyclic esters (lactones) is 1. The second-order valence-electron chi connectivity index (χ2n) is 9.45. The lowest BCUT2D eigenvalue weighted by Crippen LogP contribution is -2.42. The Morgan fingerprint density at radius 3 is 2.76 bits per heavy atom.